The van der Waals surface area contributed by atoms with Gasteiger partial charge in [-0.3, -0.25) is 4.79 Å². The number of anilines is 1. The van der Waals surface area contributed by atoms with E-state index >= 15 is 0 Å². The number of rotatable bonds is 2. The molecular weight excluding hydrogens is 282 g/mol. The average Bonchev–Trinajstić information content (AvgIpc) is 2.91. The number of nitrogens with one attached hydrogen (secondary N) is 2. The van der Waals surface area contributed by atoms with E-state index in [-0.39, 0.29) is 11.8 Å². The van der Waals surface area contributed by atoms with E-state index in [9.17, 15) is 4.79 Å². The number of carbonyl (C=O) groups excluding carboxylic acids is 1. The van der Waals surface area contributed by atoms with E-state index < -0.39 is 0 Å². The Kier molecular flexibility index (Phi) is 3.68. The van der Waals surface area contributed by atoms with E-state index in [2.05, 4.69) is 15.6 Å². The quantitative estimate of drug-likeness (QED) is 0.896. The van der Waals surface area contributed by atoms with Crippen molar-refractivity contribution < 1.29 is 4.79 Å². The Morgan fingerprint density at radius 3 is 3.21 bits per heavy atom. The Balaban J connectivity index is 1.86. The molecule has 1 saturated heterocycles. The molecule has 0 saturated carbocycles. The van der Waals surface area contributed by atoms with Crippen LogP contribution < -0.4 is 10.6 Å². The number of aromatic nitrogens is 1. The molecule has 0 unspecified atom stereocenters. The first-order valence-electron chi connectivity index (χ1n) is 6.29. The zero-order chi connectivity index (χ0) is 13.2. The van der Waals surface area contributed by atoms with Gasteiger partial charge in [-0.05, 0) is 31.5 Å². The lowest BCUT2D eigenvalue weighted by atomic mass is 9.99. The number of hydrogen-bond donors (Lipinski definition) is 2. The van der Waals surface area contributed by atoms with Gasteiger partial charge >= 0.3 is 0 Å². The largest absolute Gasteiger partial charge is 0.323 e. The van der Waals surface area contributed by atoms with Crippen LogP contribution in [0.15, 0.2) is 17.6 Å². The van der Waals surface area contributed by atoms with E-state index in [0.29, 0.717) is 10.7 Å². The zero-order valence-corrected chi connectivity index (χ0v) is 11.9. The predicted octanol–water partition coefficient (Wildman–Crippen LogP) is 2.89. The van der Waals surface area contributed by atoms with Crippen LogP contribution in [0.5, 0.6) is 0 Å². The van der Waals surface area contributed by atoms with Crippen molar-refractivity contribution in [3.05, 3.63) is 22.7 Å². The van der Waals surface area contributed by atoms with E-state index in [0.717, 1.165) is 36.1 Å². The molecule has 0 spiro atoms. The van der Waals surface area contributed by atoms with Gasteiger partial charge < -0.3 is 10.6 Å². The highest BCUT2D eigenvalue weighted by Crippen LogP contribution is 2.32. The van der Waals surface area contributed by atoms with Crippen LogP contribution >= 0.6 is 22.9 Å². The van der Waals surface area contributed by atoms with Gasteiger partial charge in [-0.25, -0.2) is 4.98 Å². The normalized spacial score (nSPS) is 19.5. The second-order valence-corrected chi connectivity index (χ2v) is 5.95. The topological polar surface area (TPSA) is 54.0 Å². The van der Waals surface area contributed by atoms with Crippen molar-refractivity contribution in [3.8, 4) is 0 Å². The maximum atomic E-state index is 12.3. The highest BCUT2D eigenvalue weighted by atomic mass is 35.5. The molecule has 2 aromatic rings. The third-order valence-corrected chi connectivity index (χ3v) is 4.48. The summed E-state index contributed by atoms with van der Waals surface area (Å²) in [5.74, 6) is 0.0355. The highest BCUT2D eigenvalue weighted by Gasteiger charge is 2.22. The van der Waals surface area contributed by atoms with Gasteiger partial charge in [0.15, 0.2) is 0 Å². The predicted molar refractivity (Wildman–Crippen MR) is 78.9 cm³/mol. The lowest BCUT2D eigenvalue weighted by molar-refractivity contribution is -0.120. The number of piperidine rings is 1. The molecule has 1 aromatic heterocycles. The standard InChI is InChI=1S/C13H14ClN3OS/c14-9-3-4-10-12(16-7-19-10)11(9)17-13(18)8-2-1-5-15-6-8/h3-4,7-8,15H,1-2,5-6H2,(H,17,18)/t8-/m0/s1. The third kappa shape index (κ3) is 2.59. The van der Waals surface area contributed by atoms with Crippen molar-refractivity contribution in [2.24, 2.45) is 5.92 Å². The first-order chi connectivity index (χ1) is 9.25. The summed E-state index contributed by atoms with van der Waals surface area (Å²) < 4.78 is 1.03. The molecule has 3 rings (SSSR count). The molecule has 6 heteroatoms. The molecular formula is C13H14ClN3OS. The van der Waals surface area contributed by atoms with Crippen molar-refractivity contribution in [2.45, 2.75) is 12.8 Å². The van der Waals surface area contributed by atoms with Crippen LogP contribution in [-0.2, 0) is 4.79 Å². The second-order valence-electron chi connectivity index (χ2n) is 4.65. The number of amides is 1. The number of hydrogen-bond acceptors (Lipinski definition) is 4. The zero-order valence-electron chi connectivity index (χ0n) is 10.3. The van der Waals surface area contributed by atoms with Crippen molar-refractivity contribution in [3.63, 3.8) is 0 Å². The van der Waals surface area contributed by atoms with Gasteiger partial charge in [0.25, 0.3) is 0 Å². The molecule has 0 bridgehead atoms. The van der Waals surface area contributed by atoms with E-state index in [1.807, 2.05) is 6.07 Å². The minimum absolute atomic E-state index is 0.0127. The van der Waals surface area contributed by atoms with Crippen molar-refractivity contribution in [1.29, 1.82) is 0 Å². The Labute approximate surface area is 120 Å². The number of carbonyl (C=O) groups is 1. The lowest BCUT2D eigenvalue weighted by Crippen LogP contribution is -2.37. The number of thiazole rings is 1. The number of halogens is 1. The number of fused-ring (bicyclic) bond motifs is 1. The monoisotopic (exact) mass is 295 g/mol. The lowest BCUT2D eigenvalue weighted by Gasteiger charge is -2.22. The molecule has 0 radical (unpaired) electrons. The Hall–Kier alpha value is -1.17. The average molecular weight is 296 g/mol. The van der Waals surface area contributed by atoms with Gasteiger partial charge in [-0.2, -0.15) is 0 Å². The Morgan fingerprint density at radius 2 is 2.42 bits per heavy atom. The van der Waals surface area contributed by atoms with E-state index in [1.54, 1.807) is 11.6 Å². The summed E-state index contributed by atoms with van der Waals surface area (Å²) in [6.07, 6.45) is 1.95. The molecule has 100 valence electrons. The molecule has 1 aromatic carbocycles. The van der Waals surface area contributed by atoms with Crippen LogP contribution in [0.3, 0.4) is 0 Å². The highest BCUT2D eigenvalue weighted by molar-refractivity contribution is 7.16. The fraction of sp³-hybridized carbons (Fsp3) is 0.385. The number of nitrogens with zero attached hydrogens (tertiary/aromatic N) is 1. The molecule has 1 aliphatic rings. The summed E-state index contributed by atoms with van der Waals surface area (Å²) in [7, 11) is 0. The smallest absolute Gasteiger partial charge is 0.228 e. The Morgan fingerprint density at radius 1 is 1.53 bits per heavy atom. The van der Waals surface area contributed by atoms with Crippen molar-refractivity contribution >= 4 is 44.7 Å². The van der Waals surface area contributed by atoms with Crippen LogP contribution in [0.1, 0.15) is 12.8 Å². The van der Waals surface area contributed by atoms with Gasteiger partial charge in [0, 0.05) is 6.54 Å². The van der Waals surface area contributed by atoms with Crippen molar-refractivity contribution in [1.82, 2.24) is 10.3 Å². The van der Waals surface area contributed by atoms with E-state index in [1.165, 1.54) is 11.3 Å². The Bertz CT molecular complexity index is 607. The first kappa shape index (κ1) is 12.8. The van der Waals surface area contributed by atoms with Gasteiger partial charge in [0.2, 0.25) is 5.91 Å². The molecule has 1 amide bonds. The van der Waals surface area contributed by atoms with Crippen LogP contribution in [0, 0.1) is 5.92 Å². The molecule has 1 atom stereocenters. The maximum Gasteiger partial charge on any atom is 0.228 e. The van der Waals surface area contributed by atoms with Crippen molar-refractivity contribution in [2.75, 3.05) is 18.4 Å². The molecule has 2 heterocycles. The molecule has 1 aliphatic heterocycles. The molecule has 1 fully saturated rings. The summed E-state index contributed by atoms with van der Waals surface area (Å²) in [6.45, 7) is 1.72. The minimum Gasteiger partial charge on any atom is -0.323 e. The van der Waals surface area contributed by atoms with Gasteiger partial charge in [0.1, 0.15) is 5.52 Å². The first-order valence-corrected chi connectivity index (χ1v) is 7.55. The van der Waals surface area contributed by atoms with E-state index in [4.69, 9.17) is 11.6 Å². The summed E-state index contributed by atoms with van der Waals surface area (Å²) in [6, 6.07) is 3.73. The van der Waals surface area contributed by atoms with Crippen LogP contribution in [-0.4, -0.2) is 24.0 Å². The van der Waals surface area contributed by atoms with Gasteiger partial charge in [0.05, 0.1) is 26.8 Å². The summed E-state index contributed by atoms with van der Waals surface area (Å²) in [4.78, 5) is 16.5. The van der Waals surface area contributed by atoms with Crippen LogP contribution in [0.2, 0.25) is 5.02 Å². The van der Waals surface area contributed by atoms with Crippen LogP contribution in [0.25, 0.3) is 10.2 Å². The fourth-order valence-corrected chi connectivity index (χ4v) is 3.21. The van der Waals surface area contributed by atoms with Gasteiger partial charge in [-0.1, -0.05) is 11.6 Å². The third-order valence-electron chi connectivity index (χ3n) is 3.37. The molecule has 19 heavy (non-hydrogen) atoms. The van der Waals surface area contributed by atoms with Gasteiger partial charge in [-0.15, -0.1) is 11.3 Å². The summed E-state index contributed by atoms with van der Waals surface area (Å²) in [5.41, 5.74) is 3.17. The molecule has 2 N–H and O–H groups in total. The van der Waals surface area contributed by atoms with Crippen LogP contribution in [0.4, 0.5) is 5.69 Å². The fourth-order valence-electron chi connectivity index (χ4n) is 2.33. The summed E-state index contributed by atoms with van der Waals surface area (Å²) in [5, 5.41) is 6.72. The summed E-state index contributed by atoms with van der Waals surface area (Å²) >= 11 is 7.72. The number of benzene rings is 1. The molecule has 4 nitrogen and oxygen atoms in total. The molecule has 0 aliphatic carbocycles. The minimum atomic E-state index is 0.0127. The SMILES string of the molecule is O=C(Nc1c(Cl)ccc2scnc12)[C@H]1CCCNC1. The maximum absolute atomic E-state index is 12.3. The second kappa shape index (κ2) is 5.45.